The fourth-order valence-corrected chi connectivity index (χ4v) is 2.56. The summed E-state index contributed by atoms with van der Waals surface area (Å²) in [6.45, 7) is 0.233. The lowest BCUT2D eigenvalue weighted by Crippen LogP contribution is -2.24. The Balaban J connectivity index is 1.54. The summed E-state index contributed by atoms with van der Waals surface area (Å²) in [4.78, 5) is 25.4. The van der Waals surface area contributed by atoms with Crippen LogP contribution in [-0.2, 0) is 6.54 Å². The van der Waals surface area contributed by atoms with Crippen LogP contribution >= 0.6 is 0 Å². The van der Waals surface area contributed by atoms with Gasteiger partial charge in [-0.2, -0.15) is 0 Å². The molecule has 25 heavy (non-hydrogen) atoms. The fraction of sp³-hybridized carbons (Fsp3) is 0.0526. The van der Waals surface area contributed by atoms with Gasteiger partial charge in [-0.3, -0.25) is 9.78 Å². The van der Waals surface area contributed by atoms with Gasteiger partial charge >= 0.3 is 0 Å². The zero-order chi connectivity index (χ0) is 17.1. The van der Waals surface area contributed by atoms with Gasteiger partial charge in [-0.25, -0.2) is 9.97 Å². The van der Waals surface area contributed by atoms with Gasteiger partial charge in [0.15, 0.2) is 5.76 Å². The lowest BCUT2D eigenvalue weighted by molar-refractivity contribution is 0.0946. The maximum absolute atomic E-state index is 12.4. The second-order valence-electron chi connectivity index (χ2n) is 5.40. The van der Waals surface area contributed by atoms with E-state index in [0.29, 0.717) is 22.8 Å². The first-order valence-corrected chi connectivity index (χ1v) is 7.79. The van der Waals surface area contributed by atoms with Gasteiger partial charge in [-0.05, 0) is 24.3 Å². The number of pyridine rings is 1. The van der Waals surface area contributed by atoms with Crippen LogP contribution in [0.5, 0.6) is 0 Å². The number of carbonyl (C=O) groups is 1. The van der Waals surface area contributed by atoms with Crippen molar-refractivity contribution in [3.05, 3.63) is 78.6 Å². The van der Waals surface area contributed by atoms with Gasteiger partial charge in [-0.1, -0.05) is 24.3 Å². The van der Waals surface area contributed by atoms with Crippen LogP contribution in [0.4, 0.5) is 0 Å². The minimum absolute atomic E-state index is 0.233. The molecule has 0 aliphatic heterocycles. The van der Waals surface area contributed by atoms with Crippen LogP contribution in [-0.4, -0.2) is 20.9 Å². The van der Waals surface area contributed by atoms with Crippen molar-refractivity contribution in [2.45, 2.75) is 6.54 Å². The molecule has 0 atom stereocenters. The molecule has 0 aliphatic carbocycles. The number of rotatable bonds is 4. The van der Waals surface area contributed by atoms with Gasteiger partial charge in [0.2, 0.25) is 0 Å². The molecule has 1 aromatic carbocycles. The molecule has 0 saturated carbocycles. The Morgan fingerprint density at radius 3 is 2.76 bits per heavy atom. The number of carbonyl (C=O) groups excluding carboxylic acids is 1. The molecule has 1 amide bonds. The van der Waals surface area contributed by atoms with E-state index in [9.17, 15) is 4.79 Å². The van der Waals surface area contributed by atoms with Gasteiger partial charge < -0.3 is 9.73 Å². The maximum Gasteiger partial charge on any atom is 0.270 e. The first-order valence-electron chi connectivity index (χ1n) is 7.79. The van der Waals surface area contributed by atoms with Gasteiger partial charge in [-0.15, -0.1) is 0 Å². The Kier molecular flexibility index (Phi) is 3.92. The van der Waals surface area contributed by atoms with Crippen molar-refractivity contribution in [1.82, 2.24) is 20.3 Å². The molecule has 1 N–H and O–H groups in total. The van der Waals surface area contributed by atoms with Crippen LogP contribution in [0.2, 0.25) is 0 Å². The van der Waals surface area contributed by atoms with Crippen molar-refractivity contribution in [2.75, 3.05) is 0 Å². The molecule has 0 bridgehead atoms. The number of aromatic nitrogens is 3. The Labute approximate surface area is 143 Å². The van der Waals surface area contributed by atoms with Crippen LogP contribution in [0.25, 0.3) is 22.4 Å². The number of para-hydroxylation sites is 1. The first kappa shape index (κ1) is 15.0. The van der Waals surface area contributed by atoms with Crippen molar-refractivity contribution in [1.29, 1.82) is 0 Å². The molecular formula is C19H14N4O2. The lowest BCUT2D eigenvalue weighted by Gasteiger charge is -2.07. The topological polar surface area (TPSA) is 80.9 Å². The van der Waals surface area contributed by atoms with Gasteiger partial charge in [0.25, 0.3) is 5.91 Å². The average Bonchev–Trinajstić information content (AvgIpc) is 3.20. The van der Waals surface area contributed by atoms with Crippen LogP contribution in [0.15, 0.2) is 71.6 Å². The largest absolute Gasteiger partial charge is 0.463 e. The van der Waals surface area contributed by atoms with E-state index in [2.05, 4.69) is 20.3 Å². The predicted molar refractivity (Wildman–Crippen MR) is 92.6 cm³/mol. The Bertz CT molecular complexity index is 1030. The molecule has 122 valence electrons. The summed E-state index contributed by atoms with van der Waals surface area (Å²) < 4.78 is 5.37. The highest BCUT2D eigenvalue weighted by Gasteiger charge is 2.13. The minimum Gasteiger partial charge on any atom is -0.463 e. The Hall–Kier alpha value is -3.54. The van der Waals surface area contributed by atoms with E-state index >= 15 is 0 Å². The number of amides is 1. The molecular weight excluding hydrogens is 316 g/mol. The van der Waals surface area contributed by atoms with E-state index in [1.54, 1.807) is 36.9 Å². The number of benzene rings is 1. The molecule has 6 heteroatoms. The first-order chi connectivity index (χ1) is 12.3. The summed E-state index contributed by atoms with van der Waals surface area (Å²) in [6.07, 6.45) is 4.75. The molecule has 0 spiro atoms. The third-order valence-corrected chi connectivity index (χ3v) is 3.78. The van der Waals surface area contributed by atoms with Gasteiger partial charge in [0.05, 0.1) is 24.0 Å². The number of hydrogen-bond acceptors (Lipinski definition) is 5. The van der Waals surface area contributed by atoms with Gasteiger partial charge in [0, 0.05) is 17.8 Å². The van der Waals surface area contributed by atoms with E-state index < -0.39 is 0 Å². The quantitative estimate of drug-likeness (QED) is 0.621. The van der Waals surface area contributed by atoms with E-state index in [1.165, 1.54) is 0 Å². The van der Waals surface area contributed by atoms with Crippen molar-refractivity contribution in [2.24, 2.45) is 0 Å². The summed E-state index contributed by atoms with van der Waals surface area (Å²) in [7, 11) is 0. The van der Waals surface area contributed by atoms with Crippen LogP contribution in [0, 0.1) is 0 Å². The van der Waals surface area contributed by atoms with Crippen LogP contribution < -0.4 is 5.32 Å². The number of hydrogen-bond donors (Lipinski definition) is 1. The zero-order valence-electron chi connectivity index (χ0n) is 13.2. The molecule has 0 aliphatic rings. The van der Waals surface area contributed by atoms with Crippen molar-refractivity contribution in [3.63, 3.8) is 0 Å². The molecule has 4 rings (SSSR count). The zero-order valence-corrected chi connectivity index (χ0v) is 13.2. The molecule has 3 heterocycles. The highest BCUT2D eigenvalue weighted by Crippen LogP contribution is 2.20. The summed E-state index contributed by atoms with van der Waals surface area (Å²) in [5, 5.41) is 3.83. The number of fused-ring (bicyclic) bond motifs is 1. The minimum atomic E-state index is -0.262. The number of nitrogens with zero attached hydrogens (tertiary/aromatic N) is 3. The van der Waals surface area contributed by atoms with Crippen molar-refractivity contribution < 1.29 is 9.21 Å². The SMILES string of the molecule is O=C(NCc1nccnc1-c1ccco1)c1ccc2ccccc2n1. The molecule has 3 aromatic heterocycles. The van der Waals surface area contributed by atoms with E-state index in [4.69, 9.17) is 4.42 Å². The molecule has 6 nitrogen and oxygen atoms in total. The van der Waals surface area contributed by atoms with Crippen molar-refractivity contribution in [3.8, 4) is 11.5 Å². The highest BCUT2D eigenvalue weighted by molar-refractivity contribution is 5.94. The van der Waals surface area contributed by atoms with Crippen molar-refractivity contribution >= 4 is 16.8 Å². The Morgan fingerprint density at radius 1 is 1.00 bits per heavy atom. The summed E-state index contributed by atoms with van der Waals surface area (Å²) in [5.74, 6) is 0.350. The third kappa shape index (κ3) is 3.10. The number of nitrogens with one attached hydrogen (secondary N) is 1. The predicted octanol–water partition coefficient (Wildman–Crippen LogP) is 3.21. The third-order valence-electron chi connectivity index (χ3n) is 3.78. The molecule has 0 fully saturated rings. The van der Waals surface area contributed by atoms with Crippen LogP contribution in [0.3, 0.4) is 0 Å². The summed E-state index contributed by atoms with van der Waals surface area (Å²) in [6, 6.07) is 14.9. The summed E-state index contributed by atoms with van der Waals surface area (Å²) in [5.41, 5.74) is 2.39. The van der Waals surface area contributed by atoms with E-state index in [1.807, 2.05) is 30.3 Å². The summed E-state index contributed by atoms with van der Waals surface area (Å²) >= 11 is 0. The fourth-order valence-electron chi connectivity index (χ4n) is 2.56. The Morgan fingerprint density at radius 2 is 1.88 bits per heavy atom. The molecule has 4 aromatic rings. The van der Waals surface area contributed by atoms with Gasteiger partial charge in [0.1, 0.15) is 11.4 Å². The molecule has 0 unspecified atom stereocenters. The second-order valence-corrected chi connectivity index (χ2v) is 5.40. The van der Waals surface area contributed by atoms with E-state index in [-0.39, 0.29) is 12.5 Å². The van der Waals surface area contributed by atoms with Crippen LogP contribution in [0.1, 0.15) is 16.2 Å². The average molecular weight is 330 g/mol. The number of furan rings is 1. The molecule has 0 saturated heterocycles. The lowest BCUT2D eigenvalue weighted by atomic mass is 10.2. The van der Waals surface area contributed by atoms with E-state index in [0.717, 1.165) is 10.9 Å². The second kappa shape index (κ2) is 6.52. The normalized spacial score (nSPS) is 10.7. The maximum atomic E-state index is 12.4. The highest BCUT2D eigenvalue weighted by atomic mass is 16.3. The standard InChI is InChI=1S/C19H14N4O2/c24-19(15-8-7-13-4-1-2-5-14(13)23-15)22-12-16-18(21-10-9-20-16)17-6-3-11-25-17/h1-11H,12H2,(H,22,24). The molecule has 0 radical (unpaired) electrons. The smallest absolute Gasteiger partial charge is 0.270 e. The monoisotopic (exact) mass is 330 g/mol.